The summed E-state index contributed by atoms with van der Waals surface area (Å²) in [7, 11) is 1.92. The van der Waals surface area contributed by atoms with Crippen LogP contribution in [0.3, 0.4) is 0 Å². The fourth-order valence-corrected chi connectivity index (χ4v) is 1.81. The van der Waals surface area contributed by atoms with E-state index < -0.39 is 0 Å². The Morgan fingerprint density at radius 3 is 2.80 bits per heavy atom. The topological polar surface area (TPSA) is 55.9 Å². The predicted octanol–water partition coefficient (Wildman–Crippen LogP) is 1.07. The van der Waals surface area contributed by atoms with Crippen molar-refractivity contribution in [2.45, 2.75) is 26.3 Å². The van der Waals surface area contributed by atoms with Gasteiger partial charge in [-0.05, 0) is 25.9 Å². The zero-order chi connectivity index (χ0) is 11.3. The molecule has 0 spiro atoms. The normalized spacial score (nSPS) is 10.9. The van der Waals surface area contributed by atoms with E-state index in [9.17, 15) is 0 Å². The van der Waals surface area contributed by atoms with Crippen LogP contribution in [0.25, 0.3) is 0 Å². The lowest BCUT2D eigenvalue weighted by molar-refractivity contribution is 0.609. The molecule has 0 unspecified atom stereocenters. The van der Waals surface area contributed by atoms with Gasteiger partial charge >= 0.3 is 0 Å². The summed E-state index contributed by atoms with van der Waals surface area (Å²) in [4.78, 5) is 0. The molecule has 1 heterocycles. The molecule has 0 aromatic carbocycles. The van der Waals surface area contributed by atoms with Crippen LogP contribution in [0.2, 0.25) is 5.02 Å². The Morgan fingerprint density at radius 1 is 1.53 bits per heavy atom. The summed E-state index contributed by atoms with van der Waals surface area (Å²) < 4.78 is 1.84. The quantitative estimate of drug-likeness (QED) is 0.719. The first-order valence-electron chi connectivity index (χ1n) is 5.31. The van der Waals surface area contributed by atoms with E-state index in [0.717, 1.165) is 42.3 Å². The average Bonchev–Trinajstić information content (AvgIpc) is 2.50. The van der Waals surface area contributed by atoms with E-state index in [1.165, 1.54) is 0 Å². The standard InChI is InChI=1S/C10H19ClN4/c1-3-8-10(11)9(15(2)14-8)7-13-6-4-5-12/h13H,3-7,12H2,1-2H3. The molecule has 0 amide bonds. The second-order valence-electron chi connectivity index (χ2n) is 3.50. The highest BCUT2D eigenvalue weighted by Crippen LogP contribution is 2.20. The van der Waals surface area contributed by atoms with Crippen molar-refractivity contribution in [3.8, 4) is 0 Å². The van der Waals surface area contributed by atoms with Gasteiger partial charge < -0.3 is 11.1 Å². The molecule has 5 heteroatoms. The Labute approximate surface area is 95.8 Å². The molecule has 0 fully saturated rings. The van der Waals surface area contributed by atoms with Crippen molar-refractivity contribution >= 4 is 11.6 Å². The van der Waals surface area contributed by atoms with Crippen LogP contribution < -0.4 is 11.1 Å². The maximum Gasteiger partial charge on any atom is 0.0863 e. The number of hydrogen-bond donors (Lipinski definition) is 2. The first-order valence-corrected chi connectivity index (χ1v) is 5.69. The zero-order valence-electron chi connectivity index (χ0n) is 9.39. The molecule has 0 atom stereocenters. The van der Waals surface area contributed by atoms with Crippen molar-refractivity contribution in [3.63, 3.8) is 0 Å². The van der Waals surface area contributed by atoms with E-state index >= 15 is 0 Å². The lowest BCUT2D eigenvalue weighted by Crippen LogP contribution is -2.19. The van der Waals surface area contributed by atoms with Gasteiger partial charge in [0.25, 0.3) is 0 Å². The van der Waals surface area contributed by atoms with Crippen LogP contribution in [0.5, 0.6) is 0 Å². The van der Waals surface area contributed by atoms with E-state index in [1.54, 1.807) is 0 Å². The number of nitrogens with zero attached hydrogens (tertiary/aromatic N) is 2. The van der Waals surface area contributed by atoms with Crippen LogP contribution in [-0.4, -0.2) is 22.9 Å². The Balaban J connectivity index is 2.56. The van der Waals surface area contributed by atoms with Crippen LogP contribution in [0.4, 0.5) is 0 Å². The highest BCUT2D eigenvalue weighted by Gasteiger charge is 2.11. The lowest BCUT2D eigenvalue weighted by Gasteiger charge is -2.04. The van der Waals surface area contributed by atoms with E-state index in [1.807, 2.05) is 11.7 Å². The van der Waals surface area contributed by atoms with Crippen molar-refractivity contribution in [1.29, 1.82) is 0 Å². The summed E-state index contributed by atoms with van der Waals surface area (Å²) in [6, 6.07) is 0. The summed E-state index contributed by atoms with van der Waals surface area (Å²) in [6.45, 7) is 4.44. The number of halogens is 1. The molecule has 3 N–H and O–H groups in total. The van der Waals surface area contributed by atoms with Crippen LogP contribution >= 0.6 is 11.6 Å². The Bertz CT molecular complexity index is 309. The lowest BCUT2D eigenvalue weighted by atomic mass is 10.3. The summed E-state index contributed by atoms with van der Waals surface area (Å²) in [5, 5.41) is 8.44. The first kappa shape index (κ1) is 12.5. The van der Waals surface area contributed by atoms with E-state index in [2.05, 4.69) is 17.3 Å². The minimum Gasteiger partial charge on any atom is -0.330 e. The minimum absolute atomic E-state index is 0.715. The maximum atomic E-state index is 6.19. The van der Waals surface area contributed by atoms with E-state index in [0.29, 0.717) is 6.54 Å². The van der Waals surface area contributed by atoms with Gasteiger partial charge in [-0.1, -0.05) is 18.5 Å². The fourth-order valence-electron chi connectivity index (χ4n) is 1.45. The van der Waals surface area contributed by atoms with Crippen molar-refractivity contribution in [3.05, 3.63) is 16.4 Å². The average molecular weight is 231 g/mol. The molecule has 0 aliphatic heterocycles. The molecule has 0 radical (unpaired) electrons. The number of nitrogens with two attached hydrogens (primary N) is 1. The Kier molecular flexibility index (Phi) is 5.08. The molecule has 1 aromatic heterocycles. The number of aromatic nitrogens is 2. The molecule has 0 aliphatic rings. The SMILES string of the molecule is CCc1nn(C)c(CNCCCN)c1Cl. The highest BCUT2D eigenvalue weighted by atomic mass is 35.5. The van der Waals surface area contributed by atoms with Gasteiger partial charge in [0.05, 0.1) is 16.4 Å². The molecule has 4 nitrogen and oxygen atoms in total. The first-order chi connectivity index (χ1) is 7.20. The van der Waals surface area contributed by atoms with Crippen molar-refractivity contribution in [2.75, 3.05) is 13.1 Å². The molecule has 86 valence electrons. The molecule has 15 heavy (non-hydrogen) atoms. The van der Waals surface area contributed by atoms with Gasteiger partial charge in [-0.15, -0.1) is 0 Å². The van der Waals surface area contributed by atoms with Crippen molar-refractivity contribution in [2.24, 2.45) is 12.8 Å². The molecule has 0 saturated carbocycles. The molecule has 1 aromatic rings. The molecule has 1 rings (SSSR count). The van der Waals surface area contributed by atoms with Gasteiger partial charge in [0.15, 0.2) is 0 Å². The summed E-state index contributed by atoms with van der Waals surface area (Å²) in [5.41, 5.74) is 7.42. The van der Waals surface area contributed by atoms with E-state index in [-0.39, 0.29) is 0 Å². The number of aryl methyl sites for hydroxylation is 2. The monoisotopic (exact) mass is 230 g/mol. The van der Waals surface area contributed by atoms with Crippen molar-refractivity contribution in [1.82, 2.24) is 15.1 Å². The minimum atomic E-state index is 0.715. The van der Waals surface area contributed by atoms with Gasteiger partial charge in [-0.3, -0.25) is 4.68 Å². The van der Waals surface area contributed by atoms with Crippen LogP contribution in [0.1, 0.15) is 24.7 Å². The molecule has 0 aliphatic carbocycles. The Hall–Kier alpha value is -0.580. The van der Waals surface area contributed by atoms with Crippen molar-refractivity contribution < 1.29 is 0 Å². The fraction of sp³-hybridized carbons (Fsp3) is 0.700. The third-order valence-electron chi connectivity index (χ3n) is 2.35. The smallest absolute Gasteiger partial charge is 0.0863 e. The maximum absolute atomic E-state index is 6.19. The third kappa shape index (κ3) is 3.19. The summed E-state index contributed by atoms with van der Waals surface area (Å²) in [6.07, 6.45) is 1.85. The van der Waals surface area contributed by atoms with Gasteiger partial charge in [0.1, 0.15) is 0 Å². The van der Waals surface area contributed by atoms with Crippen LogP contribution in [0, 0.1) is 0 Å². The second-order valence-corrected chi connectivity index (χ2v) is 3.88. The van der Waals surface area contributed by atoms with Gasteiger partial charge in [0, 0.05) is 13.6 Å². The van der Waals surface area contributed by atoms with Crippen LogP contribution in [-0.2, 0) is 20.0 Å². The van der Waals surface area contributed by atoms with Gasteiger partial charge in [-0.25, -0.2) is 0 Å². The molecular weight excluding hydrogens is 212 g/mol. The summed E-state index contributed by atoms with van der Waals surface area (Å²) in [5.74, 6) is 0. The highest BCUT2D eigenvalue weighted by molar-refractivity contribution is 6.31. The number of hydrogen-bond acceptors (Lipinski definition) is 3. The van der Waals surface area contributed by atoms with Crippen LogP contribution in [0.15, 0.2) is 0 Å². The van der Waals surface area contributed by atoms with Gasteiger partial charge in [-0.2, -0.15) is 5.10 Å². The number of nitrogens with one attached hydrogen (secondary N) is 1. The summed E-state index contributed by atoms with van der Waals surface area (Å²) >= 11 is 6.19. The Morgan fingerprint density at radius 2 is 2.27 bits per heavy atom. The molecule has 0 saturated heterocycles. The molecular formula is C10H19ClN4. The molecule has 0 bridgehead atoms. The van der Waals surface area contributed by atoms with E-state index in [4.69, 9.17) is 17.3 Å². The third-order valence-corrected chi connectivity index (χ3v) is 2.79. The largest absolute Gasteiger partial charge is 0.330 e. The predicted molar refractivity (Wildman–Crippen MR) is 63.0 cm³/mol. The number of rotatable bonds is 6. The second kappa shape index (κ2) is 6.10. The zero-order valence-corrected chi connectivity index (χ0v) is 10.1. The van der Waals surface area contributed by atoms with Gasteiger partial charge in [0.2, 0.25) is 0 Å².